The van der Waals surface area contributed by atoms with Crippen LogP contribution in [0.3, 0.4) is 0 Å². The van der Waals surface area contributed by atoms with E-state index in [1.165, 1.54) is 0 Å². The van der Waals surface area contributed by atoms with Gasteiger partial charge in [-0.05, 0) is 19.4 Å². The van der Waals surface area contributed by atoms with Crippen molar-refractivity contribution in [1.82, 2.24) is 15.0 Å². The summed E-state index contributed by atoms with van der Waals surface area (Å²) in [5.41, 5.74) is 0. The van der Waals surface area contributed by atoms with Gasteiger partial charge in [-0.25, -0.2) is 8.42 Å². The Labute approximate surface area is 107 Å². The van der Waals surface area contributed by atoms with Crippen molar-refractivity contribution in [1.29, 1.82) is 0 Å². The maximum absolute atomic E-state index is 11.5. The molecule has 0 radical (unpaired) electrons. The van der Waals surface area contributed by atoms with E-state index in [1.54, 1.807) is 13.8 Å². The molecule has 2 heterocycles. The van der Waals surface area contributed by atoms with Gasteiger partial charge in [-0.3, -0.25) is 4.90 Å². The first-order chi connectivity index (χ1) is 8.52. The summed E-state index contributed by atoms with van der Waals surface area (Å²) in [5.74, 6) is 1.64. The lowest BCUT2D eigenvalue weighted by Gasteiger charge is -2.21. The number of aryl methyl sites for hydroxylation is 1. The predicted octanol–water partition coefficient (Wildman–Crippen LogP) is 0.950. The Kier molecular flexibility index (Phi) is 4.01. The van der Waals surface area contributed by atoms with Gasteiger partial charge < -0.3 is 4.52 Å². The van der Waals surface area contributed by atoms with E-state index in [9.17, 15) is 8.42 Å². The van der Waals surface area contributed by atoms with Crippen molar-refractivity contribution >= 4 is 9.84 Å². The van der Waals surface area contributed by atoms with Crippen molar-refractivity contribution in [3.63, 3.8) is 0 Å². The number of likely N-dealkylation sites (tertiary alicyclic amines) is 1. The summed E-state index contributed by atoms with van der Waals surface area (Å²) in [6, 6.07) is 0.106. The summed E-state index contributed by atoms with van der Waals surface area (Å²) in [7, 11) is -2.91. The Morgan fingerprint density at radius 2 is 2.28 bits per heavy atom. The quantitative estimate of drug-likeness (QED) is 0.795. The zero-order valence-corrected chi connectivity index (χ0v) is 11.6. The third-order valence-corrected chi connectivity index (χ3v) is 5.02. The standard InChI is InChI=1S/C11H19N3O3S/c1-3-18(15,16)8-7-14-6-4-5-10(14)11-12-9(2)17-13-11/h10H,3-8H2,1-2H3/t10-/m0/s1. The molecule has 0 N–H and O–H groups in total. The SMILES string of the molecule is CCS(=O)(=O)CCN1CCC[C@H]1c1noc(C)n1. The van der Waals surface area contributed by atoms with Crippen molar-refractivity contribution in [3.05, 3.63) is 11.7 Å². The highest BCUT2D eigenvalue weighted by Gasteiger charge is 2.30. The second kappa shape index (κ2) is 5.36. The average Bonchev–Trinajstić information content (AvgIpc) is 2.94. The molecule has 102 valence electrons. The third-order valence-electron chi connectivity index (χ3n) is 3.33. The zero-order valence-electron chi connectivity index (χ0n) is 10.8. The average molecular weight is 273 g/mol. The van der Waals surface area contributed by atoms with E-state index < -0.39 is 9.84 Å². The summed E-state index contributed by atoms with van der Waals surface area (Å²) in [4.78, 5) is 6.38. The van der Waals surface area contributed by atoms with Gasteiger partial charge in [0.1, 0.15) is 0 Å². The molecule has 1 fully saturated rings. The van der Waals surface area contributed by atoms with Crippen LogP contribution in [0.5, 0.6) is 0 Å². The lowest BCUT2D eigenvalue weighted by atomic mass is 10.2. The van der Waals surface area contributed by atoms with Crippen LogP contribution in [0.1, 0.15) is 37.5 Å². The van der Waals surface area contributed by atoms with Gasteiger partial charge in [0.15, 0.2) is 15.7 Å². The molecule has 1 aliphatic rings. The zero-order chi connectivity index (χ0) is 13.2. The number of aromatic nitrogens is 2. The number of hydrogen-bond acceptors (Lipinski definition) is 6. The first-order valence-corrected chi connectivity index (χ1v) is 8.08. The largest absolute Gasteiger partial charge is 0.340 e. The first kappa shape index (κ1) is 13.5. The van der Waals surface area contributed by atoms with Crippen molar-refractivity contribution in [2.24, 2.45) is 0 Å². The highest BCUT2D eigenvalue weighted by molar-refractivity contribution is 7.91. The molecule has 1 saturated heterocycles. The van der Waals surface area contributed by atoms with E-state index in [0.717, 1.165) is 19.4 Å². The van der Waals surface area contributed by atoms with E-state index in [0.29, 0.717) is 18.3 Å². The fourth-order valence-corrected chi connectivity index (χ4v) is 3.04. The molecule has 0 aromatic carbocycles. The Balaban J connectivity index is 2.00. The predicted molar refractivity (Wildman–Crippen MR) is 66.9 cm³/mol. The molecule has 2 rings (SSSR count). The molecule has 0 saturated carbocycles. The summed E-state index contributed by atoms with van der Waals surface area (Å²) in [5, 5.41) is 3.94. The fourth-order valence-electron chi connectivity index (χ4n) is 2.24. The minimum absolute atomic E-state index is 0.106. The molecule has 0 spiro atoms. The summed E-state index contributed by atoms with van der Waals surface area (Å²) in [6.45, 7) is 4.89. The number of hydrogen-bond donors (Lipinski definition) is 0. The first-order valence-electron chi connectivity index (χ1n) is 6.26. The van der Waals surface area contributed by atoms with Gasteiger partial charge in [0.05, 0.1) is 11.8 Å². The van der Waals surface area contributed by atoms with E-state index in [4.69, 9.17) is 4.52 Å². The van der Waals surface area contributed by atoms with Crippen LogP contribution in [0.4, 0.5) is 0 Å². The van der Waals surface area contributed by atoms with Gasteiger partial charge >= 0.3 is 0 Å². The van der Waals surface area contributed by atoms with E-state index >= 15 is 0 Å². The molecule has 6 nitrogen and oxygen atoms in total. The van der Waals surface area contributed by atoms with Crippen LogP contribution in [-0.4, -0.2) is 48.1 Å². The van der Waals surface area contributed by atoms with Crippen LogP contribution in [-0.2, 0) is 9.84 Å². The van der Waals surface area contributed by atoms with Crippen molar-refractivity contribution in [3.8, 4) is 0 Å². The molecule has 1 aromatic rings. The minimum atomic E-state index is -2.91. The summed E-state index contributed by atoms with van der Waals surface area (Å²) < 4.78 is 28.0. The second-order valence-corrected chi connectivity index (χ2v) is 7.07. The van der Waals surface area contributed by atoms with Gasteiger partial charge in [-0.15, -0.1) is 0 Å². The van der Waals surface area contributed by atoms with Gasteiger partial charge in [0.2, 0.25) is 5.89 Å². The summed E-state index contributed by atoms with van der Waals surface area (Å²) in [6.07, 6.45) is 2.01. The molecule has 0 unspecified atom stereocenters. The van der Waals surface area contributed by atoms with E-state index in [-0.39, 0.29) is 17.5 Å². The lowest BCUT2D eigenvalue weighted by Crippen LogP contribution is -2.30. The van der Waals surface area contributed by atoms with E-state index in [1.807, 2.05) is 0 Å². The van der Waals surface area contributed by atoms with Crippen molar-refractivity contribution < 1.29 is 12.9 Å². The molecule has 18 heavy (non-hydrogen) atoms. The number of rotatable bonds is 5. The van der Waals surface area contributed by atoms with Crippen LogP contribution < -0.4 is 0 Å². The normalized spacial score (nSPS) is 21.6. The van der Waals surface area contributed by atoms with Crippen LogP contribution >= 0.6 is 0 Å². The number of sulfone groups is 1. The maximum atomic E-state index is 11.5. The maximum Gasteiger partial charge on any atom is 0.223 e. The molecule has 0 bridgehead atoms. The Bertz CT molecular complexity index is 497. The van der Waals surface area contributed by atoms with Crippen LogP contribution in [0.2, 0.25) is 0 Å². The van der Waals surface area contributed by atoms with Crippen LogP contribution in [0.15, 0.2) is 4.52 Å². The van der Waals surface area contributed by atoms with Crippen LogP contribution in [0.25, 0.3) is 0 Å². The molecule has 1 atom stereocenters. The van der Waals surface area contributed by atoms with Gasteiger partial charge in [-0.1, -0.05) is 12.1 Å². The Morgan fingerprint density at radius 1 is 1.50 bits per heavy atom. The molecule has 1 aliphatic heterocycles. The highest BCUT2D eigenvalue weighted by atomic mass is 32.2. The Hall–Kier alpha value is -0.950. The lowest BCUT2D eigenvalue weighted by molar-refractivity contribution is 0.255. The molecule has 7 heteroatoms. The van der Waals surface area contributed by atoms with Crippen LogP contribution in [0, 0.1) is 6.92 Å². The molecular weight excluding hydrogens is 254 g/mol. The van der Waals surface area contributed by atoms with Crippen molar-refractivity contribution in [2.45, 2.75) is 32.7 Å². The second-order valence-electron chi connectivity index (χ2n) is 4.60. The summed E-state index contributed by atoms with van der Waals surface area (Å²) >= 11 is 0. The molecule has 0 aliphatic carbocycles. The van der Waals surface area contributed by atoms with Gasteiger partial charge in [-0.2, -0.15) is 4.98 Å². The van der Waals surface area contributed by atoms with Gasteiger partial charge in [0, 0.05) is 19.2 Å². The third kappa shape index (κ3) is 3.08. The topological polar surface area (TPSA) is 76.3 Å². The van der Waals surface area contributed by atoms with Crippen molar-refractivity contribution in [2.75, 3.05) is 24.6 Å². The highest BCUT2D eigenvalue weighted by Crippen LogP contribution is 2.29. The smallest absolute Gasteiger partial charge is 0.223 e. The molecule has 0 amide bonds. The monoisotopic (exact) mass is 273 g/mol. The molecular formula is C11H19N3O3S. The van der Waals surface area contributed by atoms with E-state index in [2.05, 4.69) is 15.0 Å². The fraction of sp³-hybridized carbons (Fsp3) is 0.818. The molecule has 1 aromatic heterocycles. The minimum Gasteiger partial charge on any atom is -0.340 e. The Morgan fingerprint density at radius 3 is 2.89 bits per heavy atom. The number of nitrogens with zero attached hydrogens (tertiary/aromatic N) is 3. The van der Waals surface area contributed by atoms with Gasteiger partial charge in [0.25, 0.3) is 0 Å².